The van der Waals surface area contributed by atoms with Crippen molar-refractivity contribution in [2.24, 2.45) is 5.92 Å². The first-order valence-corrected chi connectivity index (χ1v) is 7.69. The lowest BCUT2D eigenvalue weighted by Crippen LogP contribution is -2.35. The number of aryl methyl sites for hydroxylation is 1. The fourth-order valence-corrected chi connectivity index (χ4v) is 2.62. The molecule has 1 aromatic carbocycles. The molecule has 1 aromatic rings. The molecule has 2 rings (SSSR count). The zero-order valence-corrected chi connectivity index (χ0v) is 13.2. The molecule has 1 aliphatic rings. The van der Waals surface area contributed by atoms with Crippen LogP contribution in [0.5, 0.6) is 0 Å². The number of ether oxygens (including phenoxy) is 1. The lowest BCUT2D eigenvalue weighted by Gasteiger charge is -2.23. The summed E-state index contributed by atoms with van der Waals surface area (Å²) in [5.74, 6) is -0.316. The predicted octanol–water partition coefficient (Wildman–Crippen LogP) is 3.07. The van der Waals surface area contributed by atoms with Gasteiger partial charge in [0.2, 0.25) is 5.91 Å². The number of rotatable bonds is 5. The highest BCUT2D eigenvalue weighted by atomic mass is 16.5. The zero-order valence-electron chi connectivity index (χ0n) is 13.2. The van der Waals surface area contributed by atoms with E-state index in [2.05, 4.69) is 17.5 Å². The maximum absolute atomic E-state index is 12.4. The number of benzene rings is 1. The second-order valence-electron chi connectivity index (χ2n) is 5.73. The Labute approximate surface area is 131 Å². The number of hydrogen-bond acceptors (Lipinski definition) is 3. The Bertz CT molecular complexity index is 548. The van der Waals surface area contributed by atoms with E-state index in [0.717, 1.165) is 30.4 Å². The molecule has 0 aromatic heterocycles. The van der Waals surface area contributed by atoms with E-state index in [-0.39, 0.29) is 30.3 Å². The lowest BCUT2D eigenvalue weighted by molar-refractivity contribution is -0.141. The van der Waals surface area contributed by atoms with Gasteiger partial charge in [-0.3, -0.25) is 9.59 Å². The Balaban J connectivity index is 2.09. The quantitative estimate of drug-likeness (QED) is 0.671. The number of nitrogens with one attached hydrogen (secondary N) is 1. The standard InChI is InChI=1S/C18H23NO3/c1-13-8-10-14(11-9-13)16(12-17(20)22-2)19-18(21)15-6-4-3-5-7-15/h3-4,8-11,15-16H,5-7,12H2,1-2H3,(H,19,21)/t15-,16+/m0/s1. The van der Waals surface area contributed by atoms with Crippen molar-refractivity contribution in [2.75, 3.05) is 7.11 Å². The van der Waals surface area contributed by atoms with Gasteiger partial charge in [0, 0.05) is 5.92 Å². The third kappa shape index (κ3) is 4.45. The average Bonchev–Trinajstić information content (AvgIpc) is 2.55. The first-order chi connectivity index (χ1) is 10.6. The molecule has 4 nitrogen and oxygen atoms in total. The van der Waals surface area contributed by atoms with Gasteiger partial charge >= 0.3 is 5.97 Å². The van der Waals surface area contributed by atoms with Crippen LogP contribution in [0.1, 0.15) is 42.9 Å². The molecule has 118 valence electrons. The summed E-state index contributed by atoms with van der Waals surface area (Å²) in [6.07, 6.45) is 6.87. The first kappa shape index (κ1) is 16.3. The van der Waals surface area contributed by atoms with Crippen LogP contribution in [0, 0.1) is 12.8 Å². The van der Waals surface area contributed by atoms with Crippen LogP contribution in [0.3, 0.4) is 0 Å². The summed E-state index contributed by atoms with van der Waals surface area (Å²) < 4.78 is 4.75. The molecule has 1 N–H and O–H groups in total. The highest BCUT2D eigenvalue weighted by Gasteiger charge is 2.24. The van der Waals surface area contributed by atoms with Crippen molar-refractivity contribution >= 4 is 11.9 Å². The summed E-state index contributed by atoms with van der Waals surface area (Å²) in [4.78, 5) is 24.1. The van der Waals surface area contributed by atoms with E-state index in [1.807, 2.05) is 31.2 Å². The van der Waals surface area contributed by atoms with Gasteiger partial charge in [0.05, 0.1) is 19.6 Å². The molecule has 0 heterocycles. The molecule has 22 heavy (non-hydrogen) atoms. The average molecular weight is 301 g/mol. The molecule has 0 fully saturated rings. The molecule has 0 radical (unpaired) electrons. The summed E-state index contributed by atoms with van der Waals surface area (Å²) in [5.41, 5.74) is 2.07. The second kappa shape index (κ2) is 7.78. The Morgan fingerprint density at radius 3 is 2.59 bits per heavy atom. The van der Waals surface area contributed by atoms with Gasteiger partial charge in [-0.05, 0) is 31.7 Å². The van der Waals surface area contributed by atoms with Crippen molar-refractivity contribution in [2.45, 2.75) is 38.6 Å². The van der Waals surface area contributed by atoms with Crippen LogP contribution in [0.15, 0.2) is 36.4 Å². The minimum Gasteiger partial charge on any atom is -0.469 e. The Kier molecular flexibility index (Phi) is 5.75. The fourth-order valence-electron chi connectivity index (χ4n) is 2.62. The predicted molar refractivity (Wildman–Crippen MR) is 85.2 cm³/mol. The Morgan fingerprint density at radius 1 is 1.27 bits per heavy atom. The van der Waals surface area contributed by atoms with E-state index in [4.69, 9.17) is 4.74 Å². The monoisotopic (exact) mass is 301 g/mol. The molecule has 0 bridgehead atoms. The van der Waals surface area contributed by atoms with Crippen LogP contribution in [-0.4, -0.2) is 19.0 Å². The van der Waals surface area contributed by atoms with E-state index in [1.54, 1.807) is 0 Å². The molecule has 0 spiro atoms. The molecule has 0 unspecified atom stereocenters. The number of amides is 1. The highest BCUT2D eigenvalue weighted by molar-refractivity contribution is 5.80. The minimum atomic E-state index is -0.341. The normalized spacial score (nSPS) is 18.5. The molecule has 1 amide bonds. The van der Waals surface area contributed by atoms with Crippen LogP contribution in [-0.2, 0) is 14.3 Å². The van der Waals surface area contributed by atoms with Gasteiger partial charge < -0.3 is 10.1 Å². The van der Waals surface area contributed by atoms with Gasteiger partial charge in [-0.2, -0.15) is 0 Å². The summed E-state index contributed by atoms with van der Waals surface area (Å²) >= 11 is 0. The highest BCUT2D eigenvalue weighted by Crippen LogP contribution is 2.22. The number of esters is 1. The van der Waals surface area contributed by atoms with Gasteiger partial charge in [0.15, 0.2) is 0 Å². The van der Waals surface area contributed by atoms with Crippen molar-refractivity contribution in [3.05, 3.63) is 47.5 Å². The van der Waals surface area contributed by atoms with E-state index in [0.29, 0.717) is 0 Å². The van der Waals surface area contributed by atoms with Gasteiger partial charge in [0.25, 0.3) is 0 Å². The molecule has 2 atom stereocenters. The van der Waals surface area contributed by atoms with Crippen molar-refractivity contribution in [1.29, 1.82) is 0 Å². The molecule has 4 heteroatoms. The van der Waals surface area contributed by atoms with Gasteiger partial charge in [0.1, 0.15) is 0 Å². The van der Waals surface area contributed by atoms with Crippen LogP contribution in [0.4, 0.5) is 0 Å². The third-order valence-corrected chi connectivity index (χ3v) is 4.03. The largest absolute Gasteiger partial charge is 0.469 e. The van der Waals surface area contributed by atoms with Crippen LogP contribution >= 0.6 is 0 Å². The number of carbonyl (C=O) groups is 2. The Hall–Kier alpha value is -2.10. The molecule has 0 aliphatic heterocycles. The fraction of sp³-hybridized carbons (Fsp3) is 0.444. The number of methoxy groups -OCH3 is 1. The zero-order chi connectivity index (χ0) is 15.9. The summed E-state index contributed by atoms with van der Waals surface area (Å²) in [6.45, 7) is 2.01. The molecule has 0 saturated carbocycles. The summed E-state index contributed by atoms with van der Waals surface area (Å²) in [5, 5.41) is 3.01. The van der Waals surface area contributed by atoms with E-state index < -0.39 is 0 Å². The third-order valence-electron chi connectivity index (χ3n) is 4.03. The number of allylic oxidation sites excluding steroid dienone is 2. The van der Waals surface area contributed by atoms with Crippen molar-refractivity contribution < 1.29 is 14.3 Å². The second-order valence-corrected chi connectivity index (χ2v) is 5.73. The van der Waals surface area contributed by atoms with Crippen molar-refractivity contribution in [1.82, 2.24) is 5.32 Å². The minimum absolute atomic E-state index is 0.00408. The maximum atomic E-state index is 12.4. The molecular weight excluding hydrogens is 278 g/mol. The number of hydrogen-bond donors (Lipinski definition) is 1. The van der Waals surface area contributed by atoms with Gasteiger partial charge in [-0.15, -0.1) is 0 Å². The topological polar surface area (TPSA) is 55.4 Å². The van der Waals surface area contributed by atoms with Crippen LogP contribution in [0.2, 0.25) is 0 Å². The van der Waals surface area contributed by atoms with E-state index in [9.17, 15) is 9.59 Å². The van der Waals surface area contributed by atoms with E-state index in [1.165, 1.54) is 7.11 Å². The van der Waals surface area contributed by atoms with Crippen LogP contribution in [0.25, 0.3) is 0 Å². The smallest absolute Gasteiger partial charge is 0.307 e. The number of carbonyl (C=O) groups excluding carboxylic acids is 2. The van der Waals surface area contributed by atoms with Crippen molar-refractivity contribution in [3.8, 4) is 0 Å². The molecule has 0 saturated heterocycles. The van der Waals surface area contributed by atoms with Gasteiger partial charge in [-0.1, -0.05) is 42.0 Å². The summed E-state index contributed by atoms with van der Waals surface area (Å²) in [7, 11) is 1.36. The molecule has 1 aliphatic carbocycles. The summed E-state index contributed by atoms with van der Waals surface area (Å²) in [6, 6.07) is 7.52. The first-order valence-electron chi connectivity index (χ1n) is 7.69. The maximum Gasteiger partial charge on any atom is 0.307 e. The molecular formula is C18H23NO3. The van der Waals surface area contributed by atoms with Crippen LogP contribution < -0.4 is 5.32 Å². The van der Waals surface area contributed by atoms with E-state index >= 15 is 0 Å². The Morgan fingerprint density at radius 2 is 2.00 bits per heavy atom. The lowest BCUT2D eigenvalue weighted by atomic mass is 9.92. The van der Waals surface area contributed by atoms with Crippen molar-refractivity contribution in [3.63, 3.8) is 0 Å². The SMILES string of the molecule is COC(=O)C[C@@H](NC(=O)[C@H]1CC=CCC1)c1ccc(C)cc1. The van der Waals surface area contributed by atoms with Gasteiger partial charge in [-0.25, -0.2) is 0 Å².